The molecule has 3 aromatic rings. The number of morpholine rings is 1. The number of carbonyl (C=O) groups is 2. The predicted molar refractivity (Wildman–Crippen MR) is 134 cm³/mol. The molecule has 190 valence electrons. The molecule has 1 aromatic carbocycles. The fourth-order valence-electron chi connectivity index (χ4n) is 4.05. The number of nitrogens with one attached hydrogen (secondary N) is 2. The van der Waals surface area contributed by atoms with Crippen LogP contribution >= 0.6 is 0 Å². The zero-order valence-electron chi connectivity index (χ0n) is 20.4. The summed E-state index contributed by atoms with van der Waals surface area (Å²) in [7, 11) is 1.59. The Morgan fingerprint density at radius 2 is 2.05 bits per heavy atom. The Morgan fingerprint density at radius 1 is 1.24 bits per heavy atom. The van der Waals surface area contributed by atoms with Gasteiger partial charge < -0.3 is 14.8 Å². The van der Waals surface area contributed by atoms with Crippen LogP contribution in [0.1, 0.15) is 27.6 Å². The SMILES string of the molecule is CN1C(=O)[C@@H](NC(=O)c2n[nH]c(Cc3ccccc3)n2)COc2cc(C#CCN3CCOCC3)cnc21. The summed E-state index contributed by atoms with van der Waals surface area (Å²) in [4.78, 5) is 38.1. The van der Waals surface area contributed by atoms with Gasteiger partial charge in [-0.1, -0.05) is 42.2 Å². The fourth-order valence-corrected chi connectivity index (χ4v) is 4.05. The van der Waals surface area contributed by atoms with Crippen LogP contribution < -0.4 is 15.0 Å². The summed E-state index contributed by atoms with van der Waals surface area (Å²) in [5.41, 5.74) is 1.72. The molecule has 4 heterocycles. The van der Waals surface area contributed by atoms with Crippen molar-refractivity contribution in [2.75, 3.05) is 51.4 Å². The number of hydrogen-bond acceptors (Lipinski definition) is 8. The van der Waals surface area contributed by atoms with Gasteiger partial charge in [-0.3, -0.25) is 24.5 Å². The molecule has 0 radical (unpaired) electrons. The van der Waals surface area contributed by atoms with E-state index in [1.165, 1.54) is 4.90 Å². The molecule has 2 aliphatic heterocycles. The third-order valence-electron chi connectivity index (χ3n) is 6.08. The number of benzene rings is 1. The molecule has 37 heavy (non-hydrogen) atoms. The minimum Gasteiger partial charge on any atom is -0.487 e. The second-order valence-corrected chi connectivity index (χ2v) is 8.74. The summed E-state index contributed by atoms with van der Waals surface area (Å²) in [6.07, 6.45) is 2.12. The number of amides is 2. The summed E-state index contributed by atoms with van der Waals surface area (Å²) in [5, 5.41) is 9.47. The maximum atomic E-state index is 13.1. The van der Waals surface area contributed by atoms with Crippen molar-refractivity contribution in [3.63, 3.8) is 0 Å². The highest BCUT2D eigenvalue weighted by Gasteiger charge is 2.32. The van der Waals surface area contributed by atoms with Crippen molar-refractivity contribution < 1.29 is 19.1 Å². The monoisotopic (exact) mass is 501 g/mol. The predicted octanol–water partition coefficient (Wildman–Crippen LogP) is 0.628. The van der Waals surface area contributed by atoms with Gasteiger partial charge in [0.15, 0.2) is 11.6 Å². The van der Waals surface area contributed by atoms with Crippen LogP contribution in [-0.4, -0.2) is 89.4 Å². The zero-order valence-corrected chi connectivity index (χ0v) is 20.4. The van der Waals surface area contributed by atoms with Gasteiger partial charge in [0.1, 0.15) is 18.5 Å². The summed E-state index contributed by atoms with van der Waals surface area (Å²) >= 11 is 0. The molecule has 5 rings (SSSR count). The highest BCUT2D eigenvalue weighted by atomic mass is 16.5. The lowest BCUT2D eigenvalue weighted by Crippen LogP contribution is -2.49. The number of pyridine rings is 1. The van der Waals surface area contributed by atoms with Crippen LogP contribution in [0.15, 0.2) is 42.6 Å². The first-order chi connectivity index (χ1) is 18.1. The Bertz CT molecular complexity index is 1330. The number of H-pyrrole nitrogens is 1. The van der Waals surface area contributed by atoms with Crippen LogP contribution in [0.4, 0.5) is 5.82 Å². The Kier molecular flexibility index (Phi) is 7.39. The summed E-state index contributed by atoms with van der Waals surface area (Å²) < 4.78 is 11.2. The van der Waals surface area contributed by atoms with E-state index in [1.54, 1.807) is 19.3 Å². The quantitative estimate of drug-likeness (QED) is 0.488. The number of aromatic amines is 1. The molecule has 0 spiro atoms. The third-order valence-corrected chi connectivity index (χ3v) is 6.08. The fraction of sp³-hybridized carbons (Fsp3) is 0.346. The van der Waals surface area contributed by atoms with E-state index in [0.29, 0.717) is 35.9 Å². The lowest BCUT2D eigenvalue weighted by atomic mass is 10.1. The van der Waals surface area contributed by atoms with E-state index < -0.39 is 11.9 Å². The molecule has 1 saturated heterocycles. The molecule has 2 aliphatic rings. The van der Waals surface area contributed by atoms with Crippen LogP contribution in [-0.2, 0) is 16.0 Å². The van der Waals surface area contributed by atoms with Crippen molar-refractivity contribution in [1.82, 2.24) is 30.4 Å². The molecule has 2 amide bonds. The number of ether oxygens (including phenoxy) is 2. The van der Waals surface area contributed by atoms with Crippen molar-refractivity contribution in [3.05, 3.63) is 65.4 Å². The first kappa shape index (κ1) is 24.4. The minimum absolute atomic E-state index is 0.0425. The van der Waals surface area contributed by atoms with Gasteiger partial charge in [-0.05, 0) is 5.56 Å². The number of likely N-dealkylation sites (N-methyl/N-ethyl adjacent to an activating group) is 1. The van der Waals surface area contributed by atoms with E-state index in [2.05, 4.69) is 42.2 Å². The first-order valence-corrected chi connectivity index (χ1v) is 12.0. The van der Waals surface area contributed by atoms with Crippen LogP contribution in [0.5, 0.6) is 5.75 Å². The Hall–Kier alpha value is -4.27. The normalized spacial score (nSPS) is 17.7. The van der Waals surface area contributed by atoms with Crippen LogP contribution in [0.2, 0.25) is 0 Å². The van der Waals surface area contributed by atoms with E-state index in [1.807, 2.05) is 30.3 Å². The molecule has 2 N–H and O–H groups in total. The van der Waals surface area contributed by atoms with E-state index in [0.717, 1.165) is 31.9 Å². The van der Waals surface area contributed by atoms with Gasteiger partial charge in [-0.15, -0.1) is 5.10 Å². The highest BCUT2D eigenvalue weighted by molar-refractivity contribution is 6.01. The summed E-state index contributed by atoms with van der Waals surface area (Å²) in [5.74, 6) is 6.63. The van der Waals surface area contributed by atoms with Crippen LogP contribution in [0.25, 0.3) is 0 Å². The van der Waals surface area contributed by atoms with Crippen molar-refractivity contribution >= 4 is 17.6 Å². The Morgan fingerprint density at radius 3 is 2.86 bits per heavy atom. The van der Waals surface area contributed by atoms with Crippen molar-refractivity contribution in [3.8, 4) is 17.6 Å². The molecule has 0 aliphatic carbocycles. The average Bonchev–Trinajstić information content (AvgIpc) is 3.36. The molecule has 11 nitrogen and oxygen atoms in total. The molecule has 2 aromatic heterocycles. The number of rotatable bonds is 5. The van der Waals surface area contributed by atoms with Crippen molar-refractivity contribution in [1.29, 1.82) is 0 Å². The second-order valence-electron chi connectivity index (χ2n) is 8.74. The standard InChI is InChI=1S/C26H27N7O4/c1-32-24-21(14-19(16-27-24)8-5-9-33-10-12-36-13-11-33)37-17-20(26(32)35)28-25(34)23-29-22(30-31-23)15-18-6-3-2-4-7-18/h2-4,6-7,14,16,20H,9-13,15,17H2,1H3,(H,28,34)(H,29,30,31)/t20-/m0/s1. The van der Waals surface area contributed by atoms with Crippen LogP contribution in [0.3, 0.4) is 0 Å². The summed E-state index contributed by atoms with van der Waals surface area (Å²) in [6, 6.07) is 10.6. The Balaban J connectivity index is 1.22. The molecular weight excluding hydrogens is 474 g/mol. The van der Waals surface area contributed by atoms with E-state index in [-0.39, 0.29) is 18.3 Å². The average molecular weight is 502 g/mol. The lowest BCUT2D eigenvalue weighted by molar-refractivity contribution is -0.120. The third kappa shape index (κ3) is 5.94. The van der Waals surface area contributed by atoms with Gasteiger partial charge in [-0.2, -0.15) is 0 Å². The lowest BCUT2D eigenvalue weighted by Gasteiger charge is -2.24. The molecule has 0 bridgehead atoms. The molecule has 1 fully saturated rings. The van der Waals surface area contributed by atoms with E-state index >= 15 is 0 Å². The molecule has 11 heteroatoms. The van der Waals surface area contributed by atoms with Crippen molar-refractivity contribution in [2.24, 2.45) is 0 Å². The molecular formula is C26H27N7O4. The zero-order chi connectivity index (χ0) is 25.6. The van der Waals surface area contributed by atoms with E-state index in [4.69, 9.17) is 9.47 Å². The van der Waals surface area contributed by atoms with Crippen molar-refractivity contribution in [2.45, 2.75) is 12.5 Å². The second kappa shape index (κ2) is 11.2. The van der Waals surface area contributed by atoms with Gasteiger partial charge in [0, 0.05) is 44.4 Å². The Labute approximate surface area is 214 Å². The van der Waals surface area contributed by atoms with Gasteiger partial charge in [0.05, 0.1) is 19.8 Å². The minimum atomic E-state index is -0.932. The highest BCUT2D eigenvalue weighted by Crippen LogP contribution is 2.29. The van der Waals surface area contributed by atoms with Gasteiger partial charge in [0.2, 0.25) is 5.82 Å². The number of nitrogens with zero attached hydrogens (tertiary/aromatic N) is 5. The van der Waals surface area contributed by atoms with Gasteiger partial charge >= 0.3 is 0 Å². The first-order valence-electron chi connectivity index (χ1n) is 12.0. The van der Waals surface area contributed by atoms with Gasteiger partial charge in [0.25, 0.3) is 11.8 Å². The number of fused-ring (bicyclic) bond motifs is 1. The summed E-state index contributed by atoms with van der Waals surface area (Å²) in [6.45, 7) is 3.75. The number of anilines is 1. The van der Waals surface area contributed by atoms with E-state index in [9.17, 15) is 9.59 Å². The van der Waals surface area contributed by atoms with Crippen LogP contribution in [0, 0.1) is 11.8 Å². The molecule has 0 unspecified atom stereocenters. The van der Waals surface area contributed by atoms with Gasteiger partial charge in [-0.25, -0.2) is 9.97 Å². The number of carbonyl (C=O) groups excluding carboxylic acids is 2. The molecule has 0 saturated carbocycles. The smallest absolute Gasteiger partial charge is 0.291 e. The number of hydrogen-bond donors (Lipinski definition) is 2. The maximum absolute atomic E-state index is 13.1. The largest absolute Gasteiger partial charge is 0.487 e. The maximum Gasteiger partial charge on any atom is 0.291 e. The molecule has 1 atom stereocenters. The topological polar surface area (TPSA) is 126 Å². The number of aromatic nitrogens is 4.